The minimum Gasteiger partial charge on any atom is -0.494 e. The van der Waals surface area contributed by atoms with E-state index in [2.05, 4.69) is 13.8 Å². The van der Waals surface area contributed by atoms with Gasteiger partial charge in [-0.3, -0.25) is 0 Å². The van der Waals surface area contributed by atoms with E-state index < -0.39 is 5.97 Å². The number of benzene rings is 2. The number of carboxylic acid groups (broad SMARTS) is 1. The quantitative estimate of drug-likeness (QED) is 0.191. The van der Waals surface area contributed by atoms with Crippen LogP contribution in [0.15, 0.2) is 48.5 Å². The monoisotopic (exact) mass is 556 g/mol. The van der Waals surface area contributed by atoms with Crippen LogP contribution in [0, 0.1) is 0 Å². The normalized spacial score (nSPS) is 19.3. The highest BCUT2D eigenvalue weighted by Crippen LogP contribution is 2.29. The van der Waals surface area contributed by atoms with E-state index in [-0.39, 0.29) is 24.3 Å². The van der Waals surface area contributed by atoms with Crippen molar-refractivity contribution in [2.24, 2.45) is 0 Å². The van der Waals surface area contributed by atoms with Gasteiger partial charge in [0.2, 0.25) is 0 Å². The summed E-state index contributed by atoms with van der Waals surface area (Å²) in [4.78, 5) is 22.9. The lowest BCUT2D eigenvalue weighted by Crippen LogP contribution is -2.32. The molecule has 8 heteroatoms. The van der Waals surface area contributed by atoms with E-state index in [1.807, 2.05) is 12.1 Å². The summed E-state index contributed by atoms with van der Waals surface area (Å²) in [5, 5.41) is 8.71. The summed E-state index contributed by atoms with van der Waals surface area (Å²) in [5.41, 5.74) is 0.813. The molecule has 2 aromatic carbocycles. The van der Waals surface area contributed by atoms with Crippen LogP contribution in [0.2, 0.25) is 0 Å². The molecule has 2 aromatic rings. The third-order valence-electron chi connectivity index (χ3n) is 6.90. The van der Waals surface area contributed by atoms with Crippen LogP contribution < -0.4 is 9.47 Å². The topological polar surface area (TPSA) is 101 Å². The molecule has 2 fully saturated rings. The molecule has 3 atom stereocenters. The van der Waals surface area contributed by atoms with E-state index in [9.17, 15) is 9.59 Å². The number of carbonyl (C=O) groups is 2. The molecule has 0 saturated carbocycles. The number of carbonyl (C=O) groups excluding carboxylic acids is 1. The molecule has 0 bridgehead atoms. The van der Waals surface area contributed by atoms with Crippen LogP contribution >= 0.6 is 0 Å². The van der Waals surface area contributed by atoms with Crippen LogP contribution in [-0.2, 0) is 14.2 Å². The second-order valence-electron chi connectivity index (χ2n) is 10.1. The highest BCUT2D eigenvalue weighted by Gasteiger charge is 2.44. The zero-order chi connectivity index (χ0) is 28.6. The van der Waals surface area contributed by atoms with Crippen LogP contribution in [0.5, 0.6) is 11.5 Å². The molecule has 2 aliphatic rings. The van der Waals surface area contributed by atoms with Crippen molar-refractivity contribution >= 4 is 11.9 Å². The Balaban J connectivity index is 0.000000241. The Labute approximate surface area is 237 Å². The Kier molecular flexibility index (Phi) is 13.8. The second kappa shape index (κ2) is 17.6. The lowest BCUT2D eigenvalue weighted by molar-refractivity contribution is -0.0148. The van der Waals surface area contributed by atoms with Gasteiger partial charge >= 0.3 is 11.9 Å². The Morgan fingerprint density at radius 2 is 1.32 bits per heavy atom. The number of esters is 1. The number of fused-ring (bicyclic) bond motifs is 1. The fraction of sp³-hybridized carbons (Fsp3) is 0.562. The first-order valence-corrected chi connectivity index (χ1v) is 14.6. The first kappa shape index (κ1) is 31.4. The number of carboxylic acids is 1. The summed E-state index contributed by atoms with van der Waals surface area (Å²) in [6.45, 7) is 6.87. The molecule has 0 spiro atoms. The molecular formula is C32H44O8. The predicted molar refractivity (Wildman–Crippen MR) is 152 cm³/mol. The van der Waals surface area contributed by atoms with Crippen molar-refractivity contribution in [1.82, 2.24) is 0 Å². The molecule has 2 aliphatic heterocycles. The average molecular weight is 557 g/mol. The van der Waals surface area contributed by atoms with Crippen LogP contribution in [0.4, 0.5) is 0 Å². The van der Waals surface area contributed by atoms with Crippen molar-refractivity contribution in [3.05, 3.63) is 59.7 Å². The zero-order valence-corrected chi connectivity index (χ0v) is 23.8. The predicted octanol–water partition coefficient (Wildman–Crippen LogP) is 6.70. The molecule has 220 valence electrons. The van der Waals surface area contributed by atoms with E-state index in [4.69, 9.17) is 28.8 Å². The molecule has 8 nitrogen and oxygen atoms in total. The number of unbranched alkanes of at least 4 members (excludes halogenated alkanes) is 6. The van der Waals surface area contributed by atoms with Gasteiger partial charge < -0.3 is 28.8 Å². The first-order valence-electron chi connectivity index (χ1n) is 14.6. The highest BCUT2D eigenvalue weighted by molar-refractivity contribution is 5.89. The van der Waals surface area contributed by atoms with Crippen molar-refractivity contribution < 1.29 is 38.4 Å². The maximum Gasteiger partial charge on any atom is 0.338 e. The zero-order valence-electron chi connectivity index (χ0n) is 23.8. The third-order valence-corrected chi connectivity index (χ3v) is 6.90. The Morgan fingerprint density at radius 3 is 1.85 bits per heavy atom. The number of ether oxygens (including phenoxy) is 5. The largest absolute Gasteiger partial charge is 0.494 e. The summed E-state index contributed by atoms with van der Waals surface area (Å²) < 4.78 is 27.9. The van der Waals surface area contributed by atoms with Gasteiger partial charge in [0.15, 0.2) is 6.10 Å². The van der Waals surface area contributed by atoms with Crippen molar-refractivity contribution in [3.8, 4) is 11.5 Å². The molecule has 0 amide bonds. The van der Waals surface area contributed by atoms with Crippen molar-refractivity contribution in [3.63, 3.8) is 0 Å². The van der Waals surface area contributed by atoms with Gasteiger partial charge in [-0.2, -0.15) is 0 Å². The SMILES string of the molecule is CCCCCCOc1ccc(C(=O)O)cc1.CCCCCCOc1ccc(C(=O)O[C@@H]2CO[C@@H]3CCO[C@@H]32)cc1. The Morgan fingerprint density at radius 1 is 0.775 bits per heavy atom. The smallest absolute Gasteiger partial charge is 0.338 e. The van der Waals surface area contributed by atoms with Gasteiger partial charge in [0.05, 0.1) is 37.1 Å². The van der Waals surface area contributed by atoms with E-state index in [1.54, 1.807) is 36.4 Å². The number of hydrogen-bond acceptors (Lipinski definition) is 7. The molecule has 2 saturated heterocycles. The fourth-order valence-electron chi connectivity index (χ4n) is 4.56. The lowest BCUT2D eigenvalue weighted by atomic mass is 10.1. The molecule has 4 rings (SSSR count). The minimum atomic E-state index is -0.908. The molecule has 0 radical (unpaired) electrons. The van der Waals surface area contributed by atoms with E-state index in [1.165, 1.54) is 38.5 Å². The van der Waals surface area contributed by atoms with Gasteiger partial charge in [-0.25, -0.2) is 9.59 Å². The van der Waals surface area contributed by atoms with Crippen LogP contribution in [0.1, 0.15) is 92.4 Å². The number of hydrogen-bond donors (Lipinski definition) is 1. The number of rotatable bonds is 15. The van der Waals surface area contributed by atoms with Crippen LogP contribution in [0.3, 0.4) is 0 Å². The van der Waals surface area contributed by atoms with Crippen LogP contribution in [-0.4, -0.2) is 61.8 Å². The van der Waals surface area contributed by atoms with Gasteiger partial charge in [0, 0.05) is 6.61 Å². The highest BCUT2D eigenvalue weighted by atomic mass is 16.6. The lowest BCUT2D eigenvalue weighted by Gasteiger charge is -2.16. The van der Waals surface area contributed by atoms with E-state index >= 15 is 0 Å². The summed E-state index contributed by atoms with van der Waals surface area (Å²) in [7, 11) is 0. The van der Waals surface area contributed by atoms with Gasteiger partial charge in [0.1, 0.15) is 17.6 Å². The van der Waals surface area contributed by atoms with Crippen LogP contribution in [0.25, 0.3) is 0 Å². The number of aromatic carboxylic acids is 1. The van der Waals surface area contributed by atoms with Crippen molar-refractivity contribution in [1.29, 1.82) is 0 Å². The minimum absolute atomic E-state index is 0.0753. The Hall–Kier alpha value is -3.10. The fourth-order valence-corrected chi connectivity index (χ4v) is 4.56. The molecule has 0 unspecified atom stereocenters. The van der Waals surface area contributed by atoms with Gasteiger partial charge in [-0.1, -0.05) is 52.4 Å². The summed E-state index contributed by atoms with van der Waals surface area (Å²) in [6.07, 6.45) is 9.93. The van der Waals surface area contributed by atoms with Gasteiger partial charge in [0.25, 0.3) is 0 Å². The van der Waals surface area contributed by atoms with Gasteiger partial charge in [-0.15, -0.1) is 0 Å². The summed E-state index contributed by atoms with van der Waals surface area (Å²) in [5.74, 6) is 0.275. The van der Waals surface area contributed by atoms with Gasteiger partial charge in [-0.05, 0) is 67.8 Å². The molecule has 0 aromatic heterocycles. The average Bonchev–Trinajstić information content (AvgIpc) is 3.59. The van der Waals surface area contributed by atoms with E-state index in [0.29, 0.717) is 37.6 Å². The summed E-state index contributed by atoms with van der Waals surface area (Å²) >= 11 is 0. The molecule has 1 N–H and O–H groups in total. The second-order valence-corrected chi connectivity index (χ2v) is 10.1. The maximum absolute atomic E-state index is 12.3. The standard InChI is InChI=1S/C19H26O5.C13H18O3/c1-2-3-4-5-11-21-15-8-6-14(7-9-15)19(20)24-17-13-23-16-10-12-22-18(16)17;1-2-3-4-5-10-16-12-8-6-11(7-9-12)13(14)15/h6-9,16-18H,2-5,10-13H2,1H3;6-9H,2-5,10H2,1H3,(H,14,15)/t16-,17-,18+;/m1./s1. The molecular weight excluding hydrogens is 512 g/mol. The van der Waals surface area contributed by atoms with Crippen molar-refractivity contribution in [2.75, 3.05) is 26.4 Å². The van der Waals surface area contributed by atoms with E-state index in [0.717, 1.165) is 30.8 Å². The Bertz CT molecular complexity index is 1000. The molecule has 0 aliphatic carbocycles. The molecule has 40 heavy (non-hydrogen) atoms. The first-order chi connectivity index (χ1) is 19.5. The van der Waals surface area contributed by atoms with Crippen molar-refractivity contribution in [2.45, 2.75) is 89.9 Å². The third kappa shape index (κ3) is 10.5. The maximum atomic E-state index is 12.3. The molecule has 2 heterocycles. The summed E-state index contributed by atoms with van der Waals surface area (Å²) in [6, 6.07) is 13.6.